The third kappa shape index (κ3) is 8.71. The molecule has 6 nitrogen and oxygen atoms in total. The molecule has 0 aromatic rings. The van der Waals surface area contributed by atoms with Crippen LogP contribution >= 0.6 is 0 Å². The molecule has 0 aliphatic carbocycles. The van der Waals surface area contributed by atoms with Gasteiger partial charge in [0.25, 0.3) is 0 Å². The van der Waals surface area contributed by atoms with Crippen LogP contribution in [0.4, 0.5) is 4.70 Å². The van der Waals surface area contributed by atoms with Crippen molar-refractivity contribution in [2.75, 3.05) is 0 Å². The Morgan fingerprint density at radius 2 is 1.00 bits per heavy atom. The van der Waals surface area contributed by atoms with E-state index < -0.39 is 24.1 Å². The molecule has 0 saturated heterocycles. The van der Waals surface area contributed by atoms with Crippen LogP contribution in [-0.2, 0) is 9.59 Å². The first-order chi connectivity index (χ1) is 4.46. The summed E-state index contributed by atoms with van der Waals surface area (Å²) >= 11 is 0. The normalized spacial score (nSPS) is 12.2. The molecule has 0 fully saturated rings. The zero-order valence-corrected chi connectivity index (χ0v) is 14.7. The number of hydrogen-bond acceptors (Lipinski definition) is 4. The van der Waals surface area contributed by atoms with Crippen LogP contribution in [0.2, 0.25) is 0 Å². The first kappa shape index (κ1) is 23.3. The van der Waals surface area contributed by atoms with Gasteiger partial charge in [-0.3, -0.25) is 4.70 Å². The van der Waals surface area contributed by atoms with Gasteiger partial charge in [-0.1, -0.05) is 0 Å². The maximum absolute atomic E-state index is 9.77. The second-order valence-electron chi connectivity index (χ2n) is 1.57. The van der Waals surface area contributed by atoms with Gasteiger partial charge in [0.1, 0.15) is 0 Å². The Morgan fingerprint density at radius 3 is 1.08 bits per heavy atom. The molecule has 9 heteroatoms. The molecule has 2 atom stereocenters. The average molecular weight is 412 g/mol. The third-order valence-electron chi connectivity index (χ3n) is 0.805. The quantitative estimate of drug-likeness (QED) is 0.354. The fourth-order valence-corrected chi connectivity index (χ4v) is 0.270. The summed E-state index contributed by atoms with van der Waals surface area (Å²) in [7, 11) is 0. The van der Waals surface area contributed by atoms with E-state index in [1.807, 2.05) is 0 Å². The summed E-state index contributed by atoms with van der Waals surface area (Å²) in [5.41, 5.74) is 0. The van der Waals surface area contributed by atoms with Crippen molar-refractivity contribution < 1.29 is 34.7 Å². The molecule has 0 bridgehead atoms. The van der Waals surface area contributed by atoms with E-state index in [0.717, 1.165) is 0 Å². The predicted molar refractivity (Wildman–Crippen MR) is 46.9 cm³/mol. The van der Waals surface area contributed by atoms with E-state index in [9.17, 15) is 9.59 Å². The van der Waals surface area contributed by atoms with Gasteiger partial charge in [-0.2, -0.15) is 0 Å². The van der Waals surface area contributed by atoms with E-state index in [-0.39, 0.29) is 52.5 Å². The average Bonchev–Trinajstić information content (AvgIpc) is 1.84. The van der Waals surface area contributed by atoms with Crippen LogP contribution < -0.4 is 0 Å². The second kappa shape index (κ2) is 10.5. The predicted octanol–water partition coefficient (Wildman–Crippen LogP) is -3.80. The Morgan fingerprint density at radius 1 is 0.846 bits per heavy atom. The molecule has 78 valence electrons. The van der Waals surface area contributed by atoms with Gasteiger partial charge in [0.2, 0.25) is 0 Å². The molecule has 0 aliphatic rings. The van der Waals surface area contributed by atoms with Crippen LogP contribution in [0.3, 0.4) is 0 Å². The fraction of sp³-hybridized carbons (Fsp3) is 0.500. The molecule has 0 aromatic heterocycles. The topological polar surface area (TPSA) is 115 Å². The van der Waals surface area contributed by atoms with Crippen LogP contribution in [0.5, 0.6) is 0 Å². The number of aliphatic carboxylic acids is 2. The number of carboxylic acid groups (broad SMARTS) is 2. The molecule has 0 aromatic carbocycles. The number of aliphatic hydroxyl groups excluding tert-OH is 2. The Bertz CT molecular complexity index is 147. The van der Waals surface area contributed by atoms with Gasteiger partial charge in [-0.05, 0) is 0 Å². The molecule has 0 aliphatic heterocycles. The zero-order chi connectivity index (χ0) is 8.31. The number of hydrogen-bond donors (Lipinski definition) is 4. The minimum atomic E-state index is -2.27. The summed E-state index contributed by atoms with van der Waals surface area (Å²) in [6.07, 6.45) is -4.53. The molecule has 0 amide bonds. The van der Waals surface area contributed by atoms with Gasteiger partial charge in [0.15, 0.2) is 12.2 Å². The molecule has 0 spiro atoms. The molecule has 0 heterocycles. The molecular weight excluding hydrogens is 400 g/mol. The molecule has 4 N–H and O–H groups in total. The molecule has 0 rings (SSSR count). The van der Waals surface area contributed by atoms with Gasteiger partial charge in [0, 0.05) is 0 Å². The molecule has 2 unspecified atom stereocenters. The summed E-state index contributed by atoms with van der Waals surface area (Å²) in [5.74, 6) is -3.54. The number of rotatable bonds is 3. The third-order valence-corrected chi connectivity index (χ3v) is 0.805. The summed E-state index contributed by atoms with van der Waals surface area (Å²) in [4.78, 5) is 19.5. The summed E-state index contributed by atoms with van der Waals surface area (Å²) < 4.78 is 0. The number of carbonyl (C=O) groups is 2. The van der Waals surface area contributed by atoms with E-state index in [0.29, 0.717) is 0 Å². The van der Waals surface area contributed by atoms with Gasteiger partial charge < -0.3 is 20.4 Å². The monoisotopic (exact) mass is 414 g/mol. The Balaban J connectivity index is -0.000000135. The Hall–Kier alpha value is 0.387. The SMILES string of the molecule is F.O=C(O)C(O)C(O)C(=O)O.[SnH2].[SnH2]. The van der Waals surface area contributed by atoms with Crippen LogP contribution in [0.15, 0.2) is 0 Å². The van der Waals surface area contributed by atoms with Crippen molar-refractivity contribution >= 4 is 59.8 Å². The molecule has 4 radical (unpaired) electrons. The van der Waals surface area contributed by atoms with E-state index in [1.165, 1.54) is 0 Å². The van der Waals surface area contributed by atoms with Crippen LogP contribution in [-0.4, -0.2) is 92.4 Å². The van der Waals surface area contributed by atoms with Crippen molar-refractivity contribution in [2.45, 2.75) is 12.2 Å². The number of carboxylic acids is 2. The van der Waals surface area contributed by atoms with E-state index in [4.69, 9.17) is 20.4 Å². The van der Waals surface area contributed by atoms with Crippen LogP contribution in [0.1, 0.15) is 0 Å². The maximum atomic E-state index is 9.77. The first-order valence-electron chi connectivity index (χ1n) is 2.28. The van der Waals surface area contributed by atoms with Gasteiger partial charge in [-0.25, -0.2) is 9.59 Å². The molecule has 0 saturated carbocycles. The zero-order valence-electron chi connectivity index (χ0n) is 6.58. The second-order valence-corrected chi connectivity index (χ2v) is 1.57. The fourth-order valence-electron chi connectivity index (χ4n) is 0.270. The van der Waals surface area contributed by atoms with Crippen LogP contribution in [0, 0.1) is 0 Å². The Labute approximate surface area is 106 Å². The molecular formula is C4H11FO6Sn2. The minimum absolute atomic E-state index is 0. The van der Waals surface area contributed by atoms with Crippen molar-refractivity contribution in [2.24, 2.45) is 0 Å². The van der Waals surface area contributed by atoms with Crippen molar-refractivity contribution in [1.29, 1.82) is 0 Å². The van der Waals surface area contributed by atoms with Crippen molar-refractivity contribution in [3.63, 3.8) is 0 Å². The van der Waals surface area contributed by atoms with Crippen LogP contribution in [0.25, 0.3) is 0 Å². The number of halogens is 1. The molecule has 13 heavy (non-hydrogen) atoms. The van der Waals surface area contributed by atoms with Gasteiger partial charge in [0.05, 0.1) is 0 Å². The van der Waals surface area contributed by atoms with Gasteiger partial charge >= 0.3 is 59.8 Å². The van der Waals surface area contributed by atoms with Crippen molar-refractivity contribution in [3.8, 4) is 0 Å². The van der Waals surface area contributed by atoms with Crippen molar-refractivity contribution in [1.82, 2.24) is 0 Å². The standard InChI is InChI=1S/C4H6O6.FH.2Sn.4H/c5-1(3(7)8)2(6)4(9)10;;;;;;;/h1-2,5-6H,(H,7,8)(H,9,10);1H;;;;;;. The summed E-state index contributed by atoms with van der Waals surface area (Å²) in [6, 6.07) is 0. The summed E-state index contributed by atoms with van der Waals surface area (Å²) in [6.45, 7) is 0. The van der Waals surface area contributed by atoms with Crippen molar-refractivity contribution in [3.05, 3.63) is 0 Å². The first-order valence-corrected chi connectivity index (χ1v) is 2.28. The number of aliphatic hydroxyl groups is 2. The van der Waals surface area contributed by atoms with E-state index >= 15 is 0 Å². The summed E-state index contributed by atoms with van der Waals surface area (Å²) in [5, 5.41) is 32.5. The van der Waals surface area contributed by atoms with Gasteiger partial charge in [-0.15, -0.1) is 0 Å². The van der Waals surface area contributed by atoms with E-state index in [2.05, 4.69) is 0 Å². The van der Waals surface area contributed by atoms with E-state index in [1.54, 1.807) is 0 Å². The Kier molecular flexibility index (Phi) is 18.8.